The summed E-state index contributed by atoms with van der Waals surface area (Å²) in [5, 5.41) is 51.1. The van der Waals surface area contributed by atoms with Crippen LogP contribution < -0.4 is 14.8 Å². The summed E-state index contributed by atoms with van der Waals surface area (Å²) in [7, 11) is -13.3. The summed E-state index contributed by atoms with van der Waals surface area (Å²) < 4.78 is 127. The minimum Gasteiger partial charge on any atom is -0.505 e. The van der Waals surface area contributed by atoms with Crippen LogP contribution in [0.15, 0.2) is 161 Å². The Morgan fingerprint density at radius 1 is 0.506 bits per heavy atom. The predicted molar refractivity (Wildman–Crippen MR) is 284 cm³/mol. The van der Waals surface area contributed by atoms with Gasteiger partial charge in [0.05, 0.1) is 47.9 Å². The van der Waals surface area contributed by atoms with Crippen LogP contribution in [-0.2, 0) is 41.5 Å². The quantitative estimate of drug-likeness (QED) is 0.0374. The number of azo groups is 4. The maximum atomic E-state index is 11.8. The summed E-state index contributed by atoms with van der Waals surface area (Å²) in [5.41, 5.74) is 8.31. The molecule has 0 aliphatic rings. The van der Waals surface area contributed by atoms with Gasteiger partial charge < -0.3 is 19.9 Å². The number of ether oxygens (including phenoxy) is 2. The molecule has 0 aliphatic carbocycles. The van der Waals surface area contributed by atoms with E-state index in [0.29, 0.717) is 61.9 Å². The summed E-state index contributed by atoms with van der Waals surface area (Å²) in [6, 6.07) is 32.9. The number of nitrogens with zero attached hydrogens (tertiary/aromatic N) is 8. The first-order chi connectivity index (χ1) is 36.3. The van der Waals surface area contributed by atoms with Crippen molar-refractivity contribution in [3.05, 3.63) is 143 Å². The van der Waals surface area contributed by atoms with Crippen LogP contribution in [0.5, 0.6) is 17.2 Å². The summed E-state index contributed by atoms with van der Waals surface area (Å²) in [6.07, 6.45) is -0.00121. The number of rotatable bonds is 17. The van der Waals surface area contributed by atoms with E-state index in [-0.39, 0.29) is 35.1 Å². The van der Waals surface area contributed by atoms with Crippen LogP contribution >= 0.6 is 0 Å². The molecule has 7 aromatic carbocycles. The number of benzene rings is 7. The molecule has 24 nitrogen and oxygen atoms in total. The zero-order chi connectivity index (χ0) is 56.6. The topological polar surface area (TPSA) is 361 Å². The fraction of sp³-hybridized carbons (Fsp3) is 0.184. The lowest BCUT2D eigenvalue weighted by Gasteiger charge is -2.11. The van der Waals surface area contributed by atoms with Gasteiger partial charge in [0.1, 0.15) is 33.5 Å². The molecular formula is C49H47N9O15S4. The second-order valence-electron chi connectivity index (χ2n) is 16.3. The highest BCUT2D eigenvalue weighted by atomic mass is 32.2. The normalized spacial score (nSPS) is 11.6. The molecular weight excluding hydrogens is 1080 g/mol. The van der Waals surface area contributed by atoms with E-state index in [9.17, 15) is 31.0 Å². The van der Waals surface area contributed by atoms with Crippen molar-refractivity contribution in [3.63, 3.8) is 0 Å². The van der Waals surface area contributed by atoms with Crippen LogP contribution in [0.25, 0.3) is 10.8 Å². The van der Waals surface area contributed by atoms with E-state index < -0.39 is 47.2 Å². The third-order valence-electron chi connectivity index (χ3n) is 10.7. The zero-order valence-corrected chi connectivity index (χ0v) is 44.8. The van der Waals surface area contributed by atoms with E-state index in [0.717, 1.165) is 33.6 Å². The van der Waals surface area contributed by atoms with Gasteiger partial charge >= 0.3 is 21.2 Å². The molecule has 7 rings (SSSR count). The Labute approximate surface area is 444 Å². The maximum absolute atomic E-state index is 11.8. The largest absolute Gasteiger partial charge is 0.505 e. The highest BCUT2D eigenvalue weighted by molar-refractivity contribution is 7.86. The second kappa shape index (κ2) is 26.8. The Balaban J connectivity index is 0.00000128. The van der Waals surface area contributed by atoms with Crippen LogP contribution in [0.1, 0.15) is 34.2 Å². The van der Waals surface area contributed by atoms with Crippen molar-refractivity contribution in [3.8, 4) is 17.2 Å². The van der Waals surface area contributed by atoms with E-state index in [4.69, 9.17) is 34.7 Å². The number of aryl methyl sites for hydroxylation is 5. The molecule has 0 spiro atoms. The van der Waals surface area contributed by atoms with Gasteiger partial charge in [-0.25, -0.2) is 0 Å². The predicted octanol–water partition coefficient (Wildman–Crippen LogP) is 12.4. The van der Waals surface area contributed by atoms with Gasteiger partial charge in [0.25, 0.3) is 20.2 Å². The summed E-state index contributed by atoms with van der Waals surface area (Å²) in [6.45, 7) is 9.02. The molecule has 0 bridgehead atoms. The van der Waals surface area contributed by atoms with Gasteiger partial charge in [-0.3, -0.25) is 9.11 Å². The molecule has 402 valence electrons. The van der Waals surface area contributed by atoms with E-state index in [1.807, 2.05) is 81.4 Å². The van der Waals surface area contributed by atoms with Crippen LogP contribution in [0, 0.1) is 34.6 Å². The van der Waals surface area contributed by atoms with E-state index in [1.54, 1.807) is 57.4 Å². The standard InChI is InChI=1S/C49H47N9O9S2.2O3S/c1-29-24-43(31(3)22-41(29)53-51-39-10-7-8-11-48(39)69(63,64)65)55-57-45-28-47(67-20-9-21-68(60,61)62)46(26-33(45)5)58-56-44-25-30(2)42(23-32(44)4)54-52-40-19-12-34-27-36(15-18-38(34)49(40)59)50-35-13-16-37(66-6)17-14-35;2*1-4(2)3/h7-8,10-19,22-28,50,59H,9,20-21H2,1-6H3,(H,60,61,62)(H,63,64,65);;. The van der Waals surface area contributed by atoms with Gasteiger partial charge in [-0.1, -0.05) is 18.2 Å². The fourth-order valence-electron chi connectivity index (χ4n) is 6.88. The average Bonchev–Trinajstić information content (AvgIpc) is 3.36. The fourth-order valence-corrected chi connectivity index (χ4v) is 7.99. The number of phenols is 1. The molecule has 0 aromatic heterocycles. The second-order valence-corrected chi connectivity index (χ2v) is 20.1. The number of anilines is 2. The van der Waals surface area contributed by atoms with Crippen LogP contribution in [-0.4, -0.2) is 75.8 Å². The van der Waals surface area contributed by atoms with Crippen LogP contribution in [0.3, 0.4) is 0 Å². The maximum Gasteiger partial charge on any atom is 0.425 e. The Kier molecular flexibility index (Phi) is 20.6. The molecule has 0 unspecified atom stereocenters. The molecule has 0 atom stereocenters. The Morgan fingerprint density at radius 3 is 1.42 bits per heavy atom. The summed E-state index contributed by atoms with van der Waals surface area (Å²) >= 11 is 0. The monoisotopic (exact) mass is 1130 g/mol. The van der Waals surface area contributed by atoms with Crippen LogP contribution in [0.2, 0.25) is 0 Å². The molecule has 0 saturated heterocycles. The molecule has 77 heavy (non-hydrogen) atoms. The van der Waals surface area contributed by atoms with Crippen molar-refractivity contribution in [1.29, 1.82) is 0 Å². The van der Waals surface area contributed by atoms with Crippen molar-refractivity contribution in [1.82, 2.24) is 0 Å². The van der Waals surface area contributed by atoms with Gasteiger partial charge in [0, 0.05) is 22.8 Å². The molecule has 0 amide bonds. The number of aromatic hydroxyl groups is 1. The SMILES string of the molecule is COc1ccc(Nc2ccc3c(O)c(N=Nc4cc(C)c(N=Nc5cc(C)c(N=Nc6cc(C)c(N=Nc7ccccc7S(=O)(=O)O)cc6C)cc5OCCCS(=O)(=O)O)cc4C)ccc3c2)cc1.O=S(=O)=O.O=S(=O)=O. The van der Waals surface area contributed by atoms with E-state index in [1.165, 1.54) is 18.2 Å². The van der Waals surface area contributed by atoms with Gasteiger partial charge in [-0.05, 0) is 165 Å². The first-order valence-electron chi connectivity index (χ1n) is 22.2. The molecule has 0 radical (unpaired) electrons. The number of fused-ring (bicyclic) bond motifs is 1. The first kappa shape index (κ1) is 59.3. The Morgan fingerprint density at radius 2 is 0.935 bits per heavy atom. The molecule has 28 heteroatoms. The van der Waals surface area contributed by atoms with Crippen molar-refractivity contribution >= 4 is 109 Å². The number of phenolic OH excluding ortho intramolecular Hbond substituents is 1. The summed E-state index contributed by atoms with van der Waals surface area (Å²) in [5.74, 6) is 0.490. The molecule has 0 fully saturated rings. The third-order valence-corrected chi connectivity index (χ3v) is 12.4. The minimum absolute atomic E-state index is 0.00121. The average molecular weight is 1130 g/mol. The van der Waals surface area contributed by atoms with Gasteiger partial charge in [-0.2, -0.15) is 42.4 Å². The van der Waals surface area contributed by atoms with Gasteiger partial charge in [0.2, 0.25) is 0 Å². The number of hydrogen-bond acceptors (Lipinski definition) is 22. The molecule has 7 aromatic rings. The minimum atomic E-state index is -4.51. The van der Waals surface area contributed by atoms with Crippen LogP contribution in [0.4, 0.5) is 56.9 Å². The number of methoxy groups -OCH3 is 1. The lowest BCUT2D eigenvalue weighted by Crippen LogP contribution is -2.08. The smallest absolute Gasteiger partial charge is 0.425 e. The first-order valence-corrected chi connectivity index (χ1v) is 27.3. The molecule has 4 N–H and O–H groups in total. The third kappa shape index (κ3) is 18.1. The Bertz CT molecular complexity index is 3900. The molecule has 0 aliphatic heterocycles. The lowest BCUT2D eigenvalue weighted by atomic mass is 10.1. The lowest BCUT2D eigenvalue weighted by molar-refractivity contribution is 0.317. The van der Waals surface area contributed by atoms with Crippen molar-refractivity contribution in [2.75, 3.05) is 24.8 Å². The highest BCUT2D eigenvalue weighted by Crippen LogP contribution is 2.41. The summed E-state index contributed by atoms with van der Waals surface area (Å²) in [4.78, 5) is -0.367. The van der Waals surface area contributed by atoms with Crippen molar-refractivity contribution in [2.45, 2.75) is 45.9 Å². The van der Waals surface area contributed by atoms with Crippen molar-refractivity contribution < 1.29 is 65.8 Å². The highest BCUT2D eigenvalue weighted by Gasteiger charge is 2.16. The van der Waals surface area contributed by atoms with Gasteiger partial charge in [0.15, 0.2) is 5.75 Å². The van der Waals surface area contributed by atoms with Crippen molar-refractivity contribution in [2.24, 2.45) is 40.9 Å². The Hall–Kier alpha value is -8.54. The number of hydrogen-bond donors (Lipinski definition) is 4. The van der Waals surface area contributed by atoms with E-state index in [2.05, 4.69) is 46.2 Å². The molecule has 0 heterocycles. The van der Waals surface area contributed by atoms with Gasteiger partial charge in [-0.15, -0.1) is 40.6 Å². The van der Waals surface area contributed by atoms with E-state index >= 15 is 0 Å². The number of nitrogens with one attached hydrogen (secondary N) is 1. The zero-order valence-electron chi connectivity index (χ0n) is 41.5. The molecule has 0 saturated carbocycles.